The van der Waals surface area contributed by atoms with Gasteiger partial charge in [-0.1, -0.05) is 62.0 Å². The predicted molar refractivity (Wildman–Crippen MR) is 306 cm³/mol. The van der Waals surface area contributed by atoms with Crippen LogP contribution in [0.5, 0.6) is 5.75 Å². The highest BCUT2D eigenvalue weighted by atomic mass is 32.1. The van der Waals surface area contributed by atoms with E-state index < -0.39 is 116 Å². The fourth-order valence-electron chi connectivity index (χ4n) is 10.6. The summed E-state index contributed by atoms with van der Waals surface area (Å²) in [5.41, 5.74) is 3.70. The monoisotopic (exact) mass is 1170 g/mol. The summed E-state index contributed by atoms with van der Waals surface area (Å²) in [7, 11) is 4.76. The molecule has 23 heteroatoms. The first-order valence-corrected chi connectivity index (χ1v) is 29.9. The van der Waals surface area contributed by atoms with Crippen LogP contribution in [0.25, 0.3) is 11.3 Å². The zero-order valence-corrected chi connectivity index (χ0v) is 51.2. The zero-order valence-electron chi connectivity index (χ0n) is 50.4. The quantitative estimate of drug-likeness (QED) is 0.0483. The van der Waals surface area contributed by atoms with Gasteiger partial charge in [0.1, 0.15) is 42.0 Å². The van der Waals surface area contributed by atoms with E-state index in [0.29, 0.717) is 32.8 Å². The van der Waals surface area contributed by atoms with Crippen molar-refractivity contribution in [2.45, 2.75) is 200 Å². The van der Waals surface area contributed by atoms with Gasteiger partial charge in [0.15, 0.2) is 24.7 Å². The molecule has 5 heterocycles. The Hall–Kier alpha value is -4.18. The van der Waals surface area contributed by atoms with E-state index in [1.807, 2.05) is 93.0 Å². The number of hydrogen-bond donors (Lipinski definition) is 4. The van der Waals surface area contributed by atoms with Gasteiger partial charge in [0.2, 0.25) is 0 Å². The van der Waals surface area contributed by atoms with Crippen molar-refractivity contribution in [1.82, 2.24) is 29.5 Å². The number of aliphatic hydroxyl groups is 4. The summed E-state index contributed by atoms with van der Waals surface area (Å²) < 4.78 is 65.8. The lowest BCUT2D eigenvalue weighted by molar-refractivity contribution is -0.307. The van der Waals surface area contributed by atoms with Gasteiger partial charge < -0.3 is 67.8 Å². The Morgan fingerprint density at radius 3 is 2.15 bits per heavy atom. The fraction of sp³-hybridized carbons (Fsp3) is 0.729. The number of nitrogens with zero attached hydrogens (tertiary/aromatic N) is 6. The van der Waals surface area contributed by atoms with Crippen molar-refractivity contribution in [3.8, 4) is 17.0 Å². The van der Waals surface area contributed by atoms with Gasteiger partial charge in [-0.05, 0) is 115 Å². The maximum atomic E-state index is 13.9. The third-order valence-corrected chi connectivity index (χ3v) is 16.1. The lowest BCUT2D eigenvalue weighted by Gasteiger charge is -2.47. The third kappa shape index (κ3) is 19.7. The Bertz CT molecular complexity index is 2360. The standard InChI is InChI=1S/C44H77NO15.C15H17N5OS/c1-13-33-30(23-56-44-42(53-12)41(52-11)38(50)28(9)58-44)19-24(5)17-18-31(46)25(6)20-29(21-35(54-15-3)55-16-4)40(26(7)32(47)22-34(48)59-33)60-43-39(51)36(45(10)14-2)37(49)27(8)57-43;1-2-13-10-20(18-16-13)8-3-9-21-14-6-4-12(5-7-14)15-11-22-19-17-15/h17-19,25-30,32-33,35-44,47,49-51H,13-16,20-23H2,1-12H3;4-7,10-11H,2-3,8-9H2,1H3/b18-17+,24-19+;/t25-,26+,27?,28?,29-,30-,32-,33-,36?,37?,38?,39?,40-,41?,42?,43?,44?;/m1./s1. The number of ether oxygens (including phenoxy) is 10. The average Bonchev–Trinajstić information content (AvgIpc) is 4.23. The Morgan fingerprint density at radius 1 is 0.854 bits per heavy atom. The summed E-state index contributed by atoms with van der Waals surface area (Å²) in [6.45, 7) is 21.2. The molecule has 2 saturated heterocycles. The molecule has 3 aliphatic heterocycles. The molecule has 22 nitrogen and oxygen atoms in total. The minimum atomic E-state index is -1.29. The Labute approximate surface area is 488 Å². The van der Waals surface area contributed by atoms with Gasteiger partial charge in [-0.25, -0.2) is 0 Å². The number of rotatable bonds is 23. The average molecular weight is 1180 g/mol. The molecule has 0 radical (unpaired) electrons. The smallest absolute Gasteiger partial charge is 0.308 e. The van der Waals surface area contributed by atoms with Crippen molar-refractivity contribution < 1.29 is 77.4 Å². The van der Waals surface area contributed by atoms with Crippen LogP contribution in [0.2, 0.25) is 0 Å². The molecule has 0 amide bonds. The first-order valence-electron chi connectivity index (χ1n) is 29.1. The second-order valence-corrected chi connectivity index (χ2v) is 22.1. The molecule has 0 bridgehead atoms. The van der Waals surface area contributed by atoms with E-state index in [0.717, 1.165) is 47.7 Å². The van der Waals surface area contributed by atoms with Gasteiger partial charge in [-0.15, -0.1) is 10.2 Å². The molecule has 2 fully saturated rings. The van der Waals surface area contributed by atoms with Gasteiger partial charge in [-0.3, -0.25) is 19.2 Å². The van der Waals surface area contributed by atoms with Crippen LogP contribution in [0.15, 0.2) is 59.6 Å². The Kier molecular flexibility index (Phi) is 29.0. The summed E-state index contributed by atoms with van der Waals surface area (Å²) in [6.07, 6.45) is -2.24. The number of aromatic nitrogens is 5. The van der Waals surface area contributed by atoms with E-state index >= 15 is 0 Å². The number of benzene rings is 1. The summed E-state index contributed by atoms with van der Waals surface area (Å²) in [5, 5.41) is 59.4. The summed E-state index contributed by atoms with van der Waals surface area (Å²) in [4.78, 5) is 29.6. The maximum Gasteiger partial charge on any atom is 0.308 e. The van der Waals surface area contributed by atoms with Crippen LogP contribution >= 0.6 is 11.5 Å². The van der Waals surface area contributed by atoms with Crippen molar-refractivity contribution in [1.29, 1.82) is 0 Å². The highest BCUT2D eigenvalue weighted by molar-refractivity contribution is 7.03. The molecular weight excluding hydrogens is 1080 g/mol. The molecule has 0 aliphatic carbocycles. The summed E-state index contributed by atoms with van der Waals surface area (Å²) >= 11 is 1.35. The molecule has 6 rings (SSSR count). The molecule has 17 atom stereocenters. The van der Waals surface area contributed by atoms with Crippen molar-refractivity contribution in [3.63, 3.8) is 0 Å². The van der Waals surface area contributed by atoms with E-state index in [4.69, 9.17) is 47.4 Å². The van der Waals surface area contributed by atoms with Crippen LogP contribution in [0.3, 0.4) is 0 Å². The number of likely N-dealkylation sites (N-methyl/N-ethyl adjacent to an activating group) is 1. The topological polar surface area (TPSA) is 267 Å². The molecule has 0 spiro atoms. The molecule has 0 saturated carbocycles. The number of ketones is 1. The van der Waals surface area contributed by atoms with Crippen LogP contribution in [-0.2, 0) is 65.2 Å². The second-order valence-electron chi connectivity index (χ2n) is 21.5. The fourth-order valence-corrected chi connectivity index (χ4v) is 11.1. The second kappa shape index (κ2) is 34.7. The van der Waals surface area contributed by atoms with Gasteiger partial charge >= 0.3 is 5.97 Å². The number of aliphatic hydroxyl groups excluding tert-OH is 4. The molecule has 1 aromatic carbocycles. The molecule has 10 unspecified atom stereocenters. The number of carbonyl (C=O) groups excluding carboxylic acids is 2. The molecule has 3 aromatic rings. The largest absolute Gasteiger partial charge is 0.494 e. The normalized spacial score (nSPS) is 32.6. The Balaban J connectivity index is 0.000000461. The summed E-state index contributed by atoms with van der Waals surface area (Å²) in [5.74, 6) is -2.25. The number of aryl methyl sites for hydroxylation is 2. The van der Waals surface area contributed by atoms with E-state index in [1.165, 1.54) is 31.8 Å². The van der Waals surface area contributed by atoms with Crippen LogP contribution in [0.1, 0.15) is 107 Å². The third-order valence-electron chi connectivity index (χ3n) is 15.6. The zero-order chi connectivity index (χ0) is 60.0. The first-order chi connectivity index (χ1) is 39.3. The highest BCUT2D eigenvalue weighted by Gasteiger charge is 2.49. The number of esters is 1. The van der Waals surface area contributed by atoms with Crippen molar-refractivity contribution >= 4 is 23.3 Å². The molecule has 4 N–H and O–H groups in total. The molecule has 462 valence electrons. The number of hydrogen-bond acceptors (Lipinski definition) is 22. The van der Waals surface area contributed by atoms with E-state index in [2.05, 4.69) is 26.8 Å². The van der Waals surface area contributed by atoms with Gasteiger partial charge in [0, 0.05) is 81.7 Å². The highest BCUT2D eigenvalue weighted by Crippen LogP contribution is 2.36. The minimum absolute atomic E-state index is 0.0213. The van der Waals surface area contributed by atoms with Crippen LogP contribution in [0, 0.1) is 23.7 Å². The number of carbonyl (C=O) groups is 2. The first kappa shape index (κ1) is 68.6. The molecule has 3 aliphatic rings. The minimum Gasteiger partial charge on any atom is -0.494 e. The van der Waals surface area contributed by atoms with E-state index in [9.17, 15) is 30.0 Å². The summed E-state index contributed by atoms with van der Waals surface area (Å²) in [6, 6.07) is 7.20. The van der Waals surface area contributed by atoms with Crippen LogP contribution < -0.4 is 4.74 Å². The van der Waals surface area contributed by atoms with E-state index in [-0.39, 0.29) is 31.7 Å². The van der Waals surface area contributed by atoms with Gasteiger partial charge in [-0.2, -0.15) is 0 Å². The number of cyclic esters (lactones) is 1. The maximum absolute atomic E-state index is 13.9. The van der Waals surface area contributed by atoms with Crippen molar-refractivity contribution in [3.05, 3.63) is 65.3 Å². The Morgan fingerprint density at radius 2 is 1.54 bits per heavy atom. The van der Waals surface area contributed by atoms with Gasteiger partial charge in [0.25, 0.3) is 0 Å². The van der Waals surface area contributed by atoms with Crippen molar-refractivity contribution in [2.75, 3.05) is 54.2 Å². The SMILES string of the molecule is CCOC(C[C@H]1C[C@@H](C)C(=O)/C=C/C(C)=C/[C@H](COC2OC(C)C(O)C(OC)C2OC)[C@@H](CC)OC(=O)C[C@@H](O)[C@H](C)[C@H]1OC1OC(C)C(O)C(N(C)CC)C1O)OCC.CCc1cn(CCCOc2ccc(-c3csnn3)cc2)nn1. The van der Waals surface area contributed by atoms with Crippen molar-refractivity contribution in [2.24, 2.45) is 23.7 Å². The number of methoxy groups -OCH3 is 2. The molecular formula is C59H94N6O16S. The van der Waals surface area contributed by atoms with E-state index in [1.54, 1.807) is 33.9 Å². The van der Waals surface area contributed by atoms with Crippen LogP contribution in [-0.4, -0.2) is 202 Å². The lowest BCUT2D eigenvalue weighted by Crippen LogP contribution is -2.63. The lowest BCUT2D eigenvalue weighted by atomic mass is 9.79. The molecule has 82 heavy (non-hydrogen) atoms. The predicted octanol–water partition coefficient (Wildman–Crippen LogP) is 5.98. The molecule has 2 aromatic heterocycles. The number of allylic oxidation sites excluding steroid dienone is 3. The van der Waals surface area contributed by atoms with Crippen LogP contribution in [0.4, 0.5) is 0 Å². The van der Waals surface area contributed by atoms with Gasteiger partial charge in [0.05, 0.1) is 61.9 Å².